The van der Waals surface area contributed by atoms with Crippen molar-refractivity contribution in [3.8, 4) is 0 Å². The van der Waals surface area contributed by atoms with Gasteiger partial charge in [0, 0.05) is 19.2 Å². The number of hydrogen-bond acceptors (Lipinski definition) is 3. The summed E-state index contributed by atoms with van der Waals surface area (Å²) in [4.78, 5) is 11.2. The van der Waals surface area contributed by atoms with Gasteiger partial charge >= 0.3 is 0 Å². The van der Waals surface area contributed by atoms with Crippen LogP contribution in [0.1, 0.15) is 15.9 Å². The van der Waals surface area contributed by atoms with Crippen LogP contribution in [0.15, 0.2) is 24.3 Å². The lowest BCUT2D eigenvalue weighted by atomic mass is 10.1. The summed E-state index contributed by atoms with van der Waals surface area (Å²) in [6, 6.07) is 6.53. The van der Waals surface area contributed by atoms with Crippen LogP contribution in [0.2, 0.25) is 0 Å². The van der Waals surface area contributed by atoms with Gasteiger partial charge in [-0.25, -0.2) is 5.14 Å². The lowest BCUT2D eigenvalue weighted by molar-refractivity contribution is 0.0963. The summed E-state index contributed by atoms with van der Waals surface area (Å²) >= 11 is 0. The van der Waals surface area contributed by atoms with Gasteiger partial charge in [-0.1, -0.05) is 12.1 Å². The Balaban J connectivity index is 2.69. The van der Waals surface area contributed by atoms with E-state index < -0.39 is 10.2 Å². The molecule has 88 valence electrons. The highest BCUT2D eigenvalue weighted by atomic mass is 32.2. The van der Waals surface area contributed by atoms with Gasteiger partial charge in [0.1, 0.15) is 0 Å². The van der Waals surface area contributed by atoms with E-state index in [0.29, 0.717) is 5.56 Å². The fourth-order valence-corrected chi connectivity index (χ4v) is 1.47. The fourth-order valence-electron chi connectivity index (χ4n) is 1.10. The predicted molar refractivity (Wildman–Crippen MR) is 59.8 cm³/mol. The Morgan fingerprint density at radius 2 is 1.88 bits per heavy atom. The van der Waals surface area contributed by atoms with Crippen LogP contribution in [0.3, 0.4) is 0 Å². The minimum Gasteiger partial charge on any atom is -0.355 e. The molecule has 1 aromatic rings. The van der Waals surface area contributed by atoms with Crippen molar-refractivity contribution >= 4 is 16.1 Å². The molecule has 4 N–H and O–H groups in total. The molecule has 0 heterocycles. The summed E-state index contributed by atoms with van der Waals surface area (Å²) in [7, 11) is -2.14. The number of rotatable bonds is 4. The Hall–Kier alpha value is -1.44. The van der Waals surface area contributed by atoms with Crippen molar-refractivity contribution in [2.45, 2.75) is 6.54 Å². The van der Waals surface area contributed by atoms with Crippen LogP contribution >= 0.6 is 0 Å². The van der Waals surface area contributed by atoms with Gasteiger partial charge in [0.2, 0.25) is 0 Å². The van der Waals surface area contributed by atoms with E-state index in [0.717, 1.165) is 5.56 Å². The number of benzene rings is 1. The molecule has 16 heavy (non-hydrogen) atoms. The molecule has 0 atom stereocenters. The smallest absolute Gasteiger partial charge is 0.274 e. The van der Waals surface area contributed by atoms with Crippen LogP contribution in [0, 0.1) is 0 Å². The normalized spacial score (nSPS) is 11.1. The molecule has 0 radical (unpaired) electrons. The number of nitrogens with two attached hydrogens (primary N) is 1. The van der Waals surface area contributed by atoms with Gasteiger partial charge in [-0.3, -0.25) is 4.79 Å². The van der Waals surface area contributed by atoms with Gasteiger partial charge in [0.25, 0.3) is 16.1 Å². The standard InChI is InChI=1S/C9H13N3O3S/c1-11-9(13)8-4-2-7(3-5-8)6-12-16(10,14)15/h2-5,12H,6H2,1H3,(H,11,13)(H2,10,14,15). The molecule has 1 amide bonds. The highest BCUT2D eigenvalue weighted by molar-refractivity contribution is 7.87. The maximum atomic E-state index is 11.2. The Morgan fingerprint density at radius 3 is 2.31 bits per heavy atom. The van der Waals surface area contributed by atoms with Crippen molar-refractivity contribution in [3.63, 3.8) is 0 Å². The molecule has 6 nitrogen and oxygen atoms in total. The third kappa shape index (κ3) is 3.97. The van der Waals surface area contributed by atoms with E-state index in [1.165, 1.54) is 0 Å². The molecule has 0 aliphatic heterocycles. The third-order valence-electron chi connectivity index (χ3n) is 1.92. The molecule has 0 saturated heterocycles. The van der Waals surface area contributed by atoms with Crippen molar-refractivity contribution < 1.29 is 13.2 Å². The first-order chi connectivity index (χ1) is 7.42. The Kier molecular flexibility index (Phi) is 3.99. The molecule has 0 spiro atoms. The fraction of sp³-hybridized carbons (Fsp3) is 0.222. The zero-order valence-corrected chi connectivity index (χ0v) is 9.54. The summed E-state index contributed by atoms with van der Waals surface area (Å²) < 4.78 is 23.4. The second-order valence-corrected chi connectivity index (χ2v) is 4.52. The number of nitrogens with one attached hydrogen (secondary N) is 2. The summed E-state index contributed by atoms with van der Waals surface area (Å²) in [6.07, 6.45) is 0. The van der Waals surface area contributed by atoms with Gasteiger partial charge in [0.05, 0.1) is 0 Å². The molecule has 0 fully saturated rings. The number of amides is 1. The summed E-state index contributed by atoms with van der Waals surface area (Å²) in [6.45, 7) is 0.104. The molecular formula is C9H13N3O3S. The molecule has 0 aliphatic rings. The van der Waals surface area contributed by atoms with Crippen LogP contribution in [0.5, 0.6) is 0 Å². The van der Waals surface area contributed by atoms with Crippen molar-refractivity contribution in [2.24, 2.45) is 5.14 Å². The average Bonchev–Trinajstić information content (AvgIpc) is 2.25. The minimum absolute atomic E-state index is 0.104. The maximum Gasteiger partial charge on any atom is 0.274 e. The van der Waals surface area contributed by atoms with Gasteiger partial charge in [-0.15, -0.1) is 0 Å². The van der Waals surface area contributed by atoms with Crippen LogP contribution in [-0.2, 0) is 16.8 Å². The molecule has 0 aliphatic carbocycles. The first-order valence-corrected chi connectivity index (χ1v) is 6.05. The number of carbonyl (C=O) groups excluding carboxylic acids is 1. The zero-order valence-electron chi connectivity index (χ0n) is 8.73. The first-order valence-electron chi connectivity index (χ1n) is 4.51. The monoisotopic (exact) mass is 243 g/mol. The van der Waals surface area contributed by atoms with Crippen LogP contribution in [0.4, 0.5) is 0 Å². The molecule has 7 heteroatoms. The van der Waals surface area contributed by atoms with Crippen molar-refractivity contribution in [2.75, 3.05) is 7.05 Å². The topological polar surface area (TPSA) is 101 Å². The highest BCUT2D eigenvalue weighted by Gasteiger charge is 2.04. The average molecular weight is 243 g/mol. The van der Waals surface area contributed by atoms with Gasteiger partial charge in [0.15, 0.2) is 0 Å². The van der Waals surface area contributed by atoms with E-state index in [1.54, 1.807) is 31.3 Å². The number of hydrogen-bond donors (Lipinski definition) is 3. The second kappa shape index (κ2) is 5.06. The summed E-state index contributed by atoms with van der Waals surface area (Å²) in [5.41, 5.74) is 1.24. The van der Waals surface area contributed by atoms with Crippen LogP contribution < -0.4 is 15.2 Å². The van der Waals surface area contributed by atoms with E-state index in [4.69, 9.17) is 5.14 Å². The Bertz CT molecular complexity index is 467. The van der Waals surface area contributed by atoms with Gasteiger partial charge in [-0.05, 0) is 17.7 Å². The lowest BCUT2D eigenvalue weighted by Crippen LogP contribution is -2.30. The van der Waals surface area contributed by atoms with E-state index >= 15 is 0 Å². The van der Waals surface area contributed by atoms with Crippen LogP contribution in [0.25, 0.3) is 0 Å². The van der Waals surface area contributed by atoms with E-state index in [1.807, 2.05) is 0 Å². The Morgan fingerprint density at radius 1 is 1.31 bits per heavy atom. The van der Waals surface area contributed by atoms with Crippen molar-refractivity contribution in [1.29, 1.82) is 0 Å². The van der Waals surface area contributed by atoms with E-state index in [9.17, 15) is 13.2 Å². The third-order valence-corrected chi connectivity index (χ3v) is 2.47. The first kappa shape index (κ1) is 12.6. The van der Waals surface area contributed by atoms with Crippen LogP contribution in [-0.4, -0.2) is 21.4 Å². The second-order valence-electron chi connectivity index (χ2n) is 3.14. The molecule has 0 saturated carbocycles. The van der Waals surface area contributed by atoms with E-state index in [2.05, 4.69) is 10.0 Å². The molecule has 0 unspecified atom stereocenters. The molecule has 0 aromatic heterocycles. The quantitative estimate of drug-likeness (QED) is 0.654. The highest BCUT2D eigenvalue weighted by Crippen LogP contribution is 2.04. The maximum absolute atomic E-state index is 11.2. The number of carbonyl (C=O) groups is 1. The molecule has 1 aromatic carbocycles. The largest absolute Gasteiger partial charge is 0.355 e. The predicted octanol–water partition coefficient (Wildman–Crippen LogP) is -0.661. The SMILES string of the molecule is CNC(=O)c1ccc(CNS(N)(=O)=O)cc1. The zero-order chi connectivity index (χ0) is 12.2. The summed E-state index contributed by atoms with van der Waals surface area (Å²) in [5, 5.41) is 7.27. The Labute approximate surface area is 94.0 Å². The van der Waals surface area contributed by atoms with Gasteiger partial charge in [-0.2, -0.15) is 13.1 Å². The molecule has 0 bridgehead atoms. The molecule has 1 rings (SSSR count). The van der Waals surface area contributed by atoms with Crippen molar-refractivity contribution in [3.05, 3.63) is 35.4 Å². The van der Waals surface area contributed by atoms with E-state index in [-0.39, 0.29) is 12.5 Å². The summed E-state index contributed by atoms with van der Waals surface area (Å²) in [5.74, 6) is -0.189. The van der Waals surface area contributed by atoms with Crippen molar-refractivity contribution in [1.82, 2.24) is 10.0 Å². The van der Waals surface area contributed by atoms with Gasteiger partial charge < -0.3 is 5.32 Å². The minimum atomic E-state index is -3.68. The molecular weight excluding hydrogens is 230 g/mol. The lowest BCUT2D eigenvalue weighted by Gasteiger charge is -2.03.